The molecule has 6 nitrogen and oxygen atoms in total. The monoisotopic (exact) mass is 185 g/mol. The average Bonchev–Trinajstić information content (AvgIpc) is 2.12. The molecule has 0 spiro atoms. The fourth-order valence-corrected chi connectivity index (χ4v) is 0.849. The Bertz CT molecular complexity index is 349. The van der Waals surface area contributed by atoms with Gasteiger partial charge in [-0.3, -0.25) is 10.0 Å². The lowest BCUT2D eigenvalue weighted by Gasteiger charge is -2.05. The first-order valence-electron chi connectivity index (χ1n) is 3.26. The van der Waals surface area contributed by atoms with Gasteiger partial charge < -0.3 is 15.3 Å². The molecular formula is C7H7NO5. The van der Waals surface area contributed by atoms with Crippen LogP contribution in [0.5, 0.6) is 17.2 Å². The zero-order valence-electron chi connectivity index (χ0n) is 6.35. The summed E-state index contributed by atoms with van der Waals surface area (Å²) in [6.07, 6.45) is 0. The molecule has 0 atom stereocenters. The minimum absolute atomic E-state index is 0.540. The maximum absolute atomic E-state index is 10.8. The van der Waals surface area contributed by atoms with Crippen molar-refractivity contribution in [2.45, 2.75) is 0 Å². The normalized spacial score (nSPS) is 9.62. The summed E-state index contributed by atoms with van der Waals surface area (Å²) in [6.45, 7) is 0. The van der Waals surface area contributed by atoms with E-state index in [0.717, 1.165) is 12.1 Å². The molecule has 0 radical (unpaired) electrons. The molecule has 0 aliphatic carbocycles. The van der Waals surface area contributed by atoms with E-state index in [4.69, 9.17) is 20.5 Å². The molecule has 0 saturated heterocycles. The van der Waals surface area contributed by atoms with Gasteiger partial charge in [-0.25, -0.2) is 5.48 Å². The van der Waals surface area contributed by atoms with Gasteiger partial charge in [0.2, 0.25) is 0 Å². The van der Waals surface area contributed by atoms with Gasteiger partial charge in [0.05, 0.1) is 0 Å². The molecule has 0 aliphatic heterocycles. The molecule has 0 bridgehead atoms. The molecule has 0 aliphatic rings. The fourth-order valence-electron chi connectivity index (χ4n) is 0.849. The third kappa shape index (κ3) is 1.47. The highest BCUT2D eigenvalue weighted by molar-refractivity contribution is 5.99. The summed E-state index contributed by atoms with van der Waals surface area (Å²) in [5.74, 6) is -2.99. The Kier molecular flexibility index (Phi) is 2.25. The van der Waals surface area contributed by atoms with Crippen LogP contribution < -0.4 is 5.48 Å². The molecule has 0 unspecified atom stereocenters. The molecular weight excluding hydrogens is 178 g/mol. The molecule has 1 aromatic carbocycles. The van der Waals surface area contributed by atoms with Gasteiger partial charge in [-0.2, -0.15) is 0 Å². The summed E-state index contributed by atoms with van der Waals surface area (Å²) in [7, 11) is 0. The standard InChI is InChI=1S/C7H7NO5/c9-3-1-2-4(10)6(11)5(3)7(12)8-13/h1-2,9-11,13H,(H,8,12). The minimum atomic E-state index is -1.11. The van der Waals surface area contributed by atoms with Crippen LogP contribution in [0.2, 0.25) is 0 Å². The van der Waals surface area contributed by atoms with E-state index < -0.39 is 28.7 Å². The molecule has 1 aromatic rings. The first kappa shape index (κ1) is 9.14. The van der Waals surface area contributed by atoms with Crippen molar-refractivity contribution >= 4 is 5.91 Å². The zero-order chi connectivity index (χ0) is 10.0. The van der Waals surface area contributed by atoms with E-state index in [1.165, 1.54) is 5.48 Å². The molecule has 0 aromatic heterocycles. The number of hydrogen-bond acceptors (Lipinski definition) is 5. The van der Waals surface area contributed by atoms with E-state index in [1.807, 2.05) is 0 Å². The van der Waals surface area contributed by atoms with Crippen LogP contribution in [-0.2, 0) is 0 Å². The first-order valence-corrected chi connectivity index (χ1v) is 3.26. The Hall–Kier alpha value is -1.95. The van der Waals surface area contributed by atoms with Gasteiger partial charge in [-0.15, -0.1) is 0 Å². The molecule has 1 rings (SSSR count). The predicted molar refractivity (Wildman–Crippen MR) is 40.7 cm³/mol. The second-order valence-electron chi connectivity index (χ2n) is 2.27. The van der Waals surface area contributed by atoms with Crippen molar-refractivity contribution in [3.05, 3.63) is 17.7 Å². The van der Waals surface area contributed by atoms with Crippen LogP contribution in [0.1, 0.15) is 10.4 Å². The average molecular weight is 185 g/mol. The van der Waals surface area contributed by atoms with Crippen molar-refractivity contribution in [3.8, 4) is 17.2 Å². The molecule has 0 heterocycles. The van der Waals surface area contributed by atoms with Crippen LogP contribution in [0.25, 0.3) is 0 Å². The van der Waals surface area contributed by atoms with Crippen LogP contribution >= 0.6 is 0 Å². The third-order valence-corrected chi connectivity index (χ3v) is 1.46. The number of carbonyl (C=O) groups excluding carboxylic acids is 1. The van der Waals surface area contributed by atoms with Crippen LogP contribution in [-0.4, -0.2) is 26.4 Å². The summed E-state index contributed by atoms with van der Waals surface area (Å²) in [5, 5.41) is 35.3. The number of rotatable bonds is 1. The first-order chi connectivity index (χ1) is 6.07. The number of hydrogen-bond donors (Lipinski definition) is 5. The number of carbonyl (C=O) groups is 1. The molecule has 6 heteroatoms. The van der Waals surface area contributed by atoms with Crippen LogP contribution in [0.15, 0.2) is 12.1 Å². The Labute approximate surface area is 72.6 Å². The molecule has 70 valence electrons. The van der Waals surface area contributed by atoms with Gasteiger partial charge >= 0.3 is 0 Å². The molecule has 5 N–H and O–H groups in total. The fraction of sp³-hybridized carbons (Fsp3) is 0. The lowest BCUT2D eigenvalue weighted by molar-refractivity contribution is 0.0699. The largest absolute Gasteiger partial charge is 0.507 e. The van der Waals surface area contributed by atoms with Crippen molar-refractivity contribution < 1.29 is 25.3 Å². The second kappa shape index (κ2) is 3.20. The topological polar surface area (TPSA) is 110 Å². The van der Waals surface area contributed by atoms with E-state index >= 15 is 0 Å². The quantitative estimate of drug-likeness (QED) is 0.182. The number of amides is 1. The lowest BCUT2D eigenvalue weighted by Crippen LogP contribution is -2.18. The summed E-state index contributed by atoms with van der Waals surface area (Å²) in [6, 6.07) is 2.03. The van der Waals surface area contributed by atoms with E-state index in [9.17, 15) is 4.79 Å². The highest BCUT2D eigenvalue weighted by Crippen LogP contribution is 2.34. The highest BCUT2D eigenvalue weighted by atomic mass is 16.5. The summed E-state index contributed by atoms with van der Waals surface area (Å²) in [5.41, 5.74) is 0.639. The summed E-state index contributed by atoms with van der Waals surface area (Å²) in [4.78, 5) is 10.8. The van der Waals surface area contributed by atoms with Gasteiger partial charge in [0, 0.05) is 0 Å². The van der Waals surface area contributed by atoms with Crippen LogP contribution in [0.4, 0.5) is 0 Å². The number of phenolic OH excluding ortho intramolecular Hbond substituents is 3. The van der Waals surface area contributed by atoms with Crippen molar-refractivity contribution in [3.63, 3.8) is 0 Å². The van der Waals surface area contributed by atoms with Crippen LogP contribution in [0.3, 0.4) is 0 Å². The Morgan fingerprint density at radius 3 is 2.23 bits per heavy atom. The Morgan fingerprint density at radius 2 is 1.69 bits per heavy atom. The molecule has 13 heavy (non-hydrogen) atoms. The highest BCUT2D eigenvalue weighted by Gasteiger charge is 2.18. The van der Waals surface area contributed by atoms with Crippen LogP contribution in [0, 0.1) is 0 Å². The van der Waals surface area contributed by atoms with Crippen molar-refractivity contribution in [2.24, 2.45) is 0 Å². The Morgan fingerprint density at radius 1 is 1.15 bits per heavy atom. The number of hydroxylamine groups is 1. The number of aromatic hydroxyl groups is 3. The van der Waals surface area contributed by atoms with E-state index in [0.29, 0.717) is 0 Å². The van der Waals surface area contributed by atoms with Crippen molar-refractivity contribution in [1.29, 1.82) is 0 Å². The number of benzene rings is 1. The van der Waals surface area contributed by atoms with Gasteiger partial charge in [-0.05, 0) is 12.1 Å². The summed E-state index contributed by atoms with van der Waals surface area (Å²) >= 11 is 0. The summed E-state index contributed by atoms with van der Waals surface area (Å²) < 4.78 is 0. The van der Waals surface area contributed by atoms with Crippen molar-refractivity contribution in [1.82, 2.24) is 5.48 Å². The van der Waals surface area contributed by atoms with Gasteiger partial charge in [0.15, 0.2) is 11.5 Å². The van der Waals surface area contributed by atoms with Gasteiger partial charge in [0.1, 0.15) is 11.3 Å². The van der Waals surface area contributed by atoms with E-state index in [2.05, 4.69) is 0 Å². The molecule has 0 fully saturated rings. The lowest BCUT2D eigenvalue weighted by atomic mass is 10.1. The maximum atomic E-state index is 10.8. The number of phenols is 3. The van der Waals surface area contributed by atoms with E-state index in [-0.39, 0.29) is 0 Å². The second-order valence-corrected chi connectivity index (χ2v) is 2.27. The van der Waals surface area contributed by atoms with Crippen molar-refractivity contribution in [2.75, 3.05) is 0 Å². The SMILES string of the molecule is O=C(NO)c1c(O)ccc(O)c1O. The maximum Gasteiger partial charge on any atom is 0.282 e. The van der Waals surface area contributed by atoms with E-state index in [1.54, 1.807) is 0 Å². The molecule has 0 saturated carbocycles. The number of nitrogens with one attached hydrogen (secondary N) is 1. The van der Waals surface area contributed by atoms with Gasteiger partial charge in [0.25, 0.3) is 5.91 Å². The predicted octanol–water partition coefficient (Wildman–Crippen LogP) is -0.0776. The smallest absolute Gasteiger partial charge is 0.282 e. The Balaban J connectivity index is 3.33. The zero-order valence-corrected chi connectivity index (χ0v) is 6.35. The minimum Gasteiger partial charge on any atom is -0.507 e. The third-order valence-electron chi connectivity index (χ3n) is 1.46. The van der Waals surface area contributed by atoms with Gasteiger partial charge in [-0.1, -0.05) is 0 Å². The molecule has 1 amide bonds.